The molecule has 1 saturated heterocycles. The molecule has 1 aliphatic rings. The van der Waals surface area contributed by atoms with Gasteiger partial charge in [-0.15, -0.1) is 5.10 Å². The third-order valence-electron chi connectivity index (χ3n) is 4.67. The predicted molar refractivity (Wildman–Crippen MR) is 92.4 cm³/mol. The zero-order chi connectivity index (χ0) is 17.5. The molecule has 130 valence electrons. The molecular weight excluding hydrogens is 332 g/mol. The van der Waals surface area contributed by atoms with Gasteiger partial charge in [0, 0.05) is 30.2 Å². The number of hydrogen-bond donors (Lipinski definition) is 1. The van der Waals surface area contributed by atoms with Gasteiger partial charge in [-0.3, -0.25) is 4.79 Å². The molecule has 0 radical (unpaired) electrons. The molecule has 3 aromatic heterocycles. The minimum atomic E-state index is 0.0415. The molecule has 5 rings (SSSR count). The maximum Gasteiger partial charge on any atom is 0.256 e. The van der Waals surface area contributed by atoms with E-state index in [1.54, 1.807) is 23.4 Å². The molecular formula is C17H16N8O. The Hall–Kier alpha value is -3.49. The van der Waals surface area contributed by atoms with E-state index in [2.05, 4.69) is 25.5 Å². The van der Waals surface area contributed by atoms with Crippen molar-refractivity contribution in [2.75, 3.05) is 13.1 Å². The van der Waals surface area contributed by atoms with Crippen LogP contribution in [0.15, 0.2) is 49.1 Å². The van der Waals surface area contributed by atoms with Crippen LogP contribution in [0.3, 0.4) is 0 Å². The molecule has 9 nitrogen and oxygen atoms in total. The lowest BCUT2D eigenvalue weighted by Gasteiger charge is -2.38. The molecule has 1 fully saturated rings. The molecule has 1 amide bonds. The lowest BCUT2D eigenvalue weighted by atomic mass is 10.1. The largest absolute Gasteiger partial charge is 0.360 e. The van der Waals surface area contributed by atoms with Gasteiger partial charge in [0.1, 0.15) is 12.2 Å². The molecule has 0 unspecified atom stereocenters. The van der Waals surface area contributed by atoms with E-state index in [1.165, 1.54) is 0 Å². The van der Waals surface area contributed by atoms with Gasteiger partial charge >= 0.3 is 0 Å². The standard InChI is InChI=1S/C17H16N8O/c26-17(15-7-18-16-4-2-1-3-14(15)16)23-10-13(11-23)24-8-12(21-22-24)9-25-19-5-6-20-25/h1-8,13,18H,9-11H2. The van der Waals surface area contributed by atoms with Crippen LogP contribution in [-0.4, -0.2) is 58.9 Å². The summed E-state index contributed by atoms with van der Waals surface area (Å²) in [5.74, 6) is 0.0415. The predicted octanol–water partition coefficient (Wildman–Crippen LogP) is 1.10. The summed E-state index contributed by atoms with van der Waals surface area (Å²) >= 11 is 0. The Morgan fingerprint density at radius 3 is 2.85 bits per heavy atom. The summed E-state index contributed by atoms with van der Waals surface area (Å²) in [6, 6.07) is 7.97. The number of carbonyl (C=O) groups is 1. The smallest absolute Gasteiger partial charge is 0.256 e. The van der Waals surface area contributed by atoms with Crippen molar-refractivity contribution in [3.63, 3.8) is 0 Å². The fourth-order valence-corrected chi connectivity index (χ4v) is 3.24. The fraction of sp³-hybridized carbons (Fsp3) is 0.235. The minimum Gasteiger partial charge on any atom is -0.360 e. The van der Waals surface area contributed by atoms with E-state index >= 15 is 0 Å². The zero-order valence-corrected chi connectivity index (χ0v) is 13.9. The average Bonchev–Trinajstić information content (AvgIpc) is 3.34. The van der Waals surface area contributed by atoms with Gasteiger partial charge in [0.05, 0.1) is 30.2 Å². The number of likely N-dealkylation sites (tertiary alicyclic amines) is 1. The number of H-pyrrole nitrogens is 1. The van der Waals surface area contributed by atoms with Crippen molar-refractivity contribution in [1.29, 1.82) is 0 Å². The van der Waals surface area contributed by atoms with E-state index in [0.717, 1.165) is 16.6 Å². The number of para-hydroxylation sites is 1. The number of rotatable bonds is 4. The van der Waals surface area contributed by atoms with Gasteiger partial charge in [0.15, 0.2) is 0 Å². The maximum absolute atomic E-state index is 12.7. The summed E-state index contributed by atoms with van der Waals surface area (Å²) in [4.78, 5) is 19.3. The summed E-state index contributed by atoms with van der Waals surface area (Å²) in [5.41, 5.74) is 2.48. The normalized spacial score (nSPS) is 14.7. The average molecular weight is 348 g/mol. The molecule has 1 N–H and O–H groups in total. The summed E-state index contributed by atoms with van der Waals surface area (Å²) in [6.45, 7) is 1.74. The SMILES string of the molecule is O=C(c1c[nH]c2ccccc12)N1CC(n2cc(Cn3nccn3)nn2)C1. The molecule has 1 aromatic carbocycles. The van der Waals surface area contributed by atoms with Gasteiger partial charge in [-0.05, 0) is 6.07 Å². The lowest BCUT2D eigenvalue weighted by molar-refractivity contribution is 0.0500. The van der Waals surface area contributed by atoms with E-state index in [4.69, 9.17) is 0 Å². The highest BCUT2D eigenvalue weighted by Gasteiger charge is 2.34. The van der Waals surface area contributed by atoms with Gasteiger partial charge in [0.2, 0.25) is 0 Å². The number of fused-ring (bicyclic) bond motifs is 1. The molecule has 26 heavy (non-hydrogen) atoms. The van der Waals surface area contributed by atoms with Crippen molar-refractivity contribution in [2.45, 2.75) is 12.6 Å². The second-order valence-corrected chi connectivity index (χ2v) is 6.36. The number of amides is 1. The number of aromatic amines is 1. The molecule has 0 aliphatic carbocycles. The van der Waals surface area contributed by atoms with Crippen LogP contribution in [0.5, 0.6) is 0 Å². The van der Waals surface area contributed by atoms with E-state index in [9.17, 15) is 4.79 Å². The minimum absolute atomic E-state index is 0.0415. The molecule has 0 bridgehead atoms. The fourth-order valence-electron chi connectivity index (χ4n) is 3.24. The maximum atomic E-state index is 12.7. The van der Waals surface area contributed by atoms with Gasteiger partial charge in [-0.2, -0.15) is 15.0 Å². The molecule has 9 heteroatoms. The van der Waals surface area contributed by atoms with E-state index in [0.29, 0.717) is 25.2 Å². The highest BCUT2D eigenvalue weighted by molar-refractivity contribution is 6.06. The highest BCUT2D eigenvalue weighted by atomic mass is 16.2. The Bertz CT molecular complexity index is 1060. The molecule has 1 aliphatic heterocycles. The number of aromatic nitrogens is 7. The van der Waals surface area contributed by atoms with Crippen molar-refractivity contribution in [3.05, 3.63) is 60.3 Å². The zero-order valence-electron chi connectivity index (χ0n) is 13.9. The Balaban J connectivity index is 1.26. The van der Waals surface area contributed by atoms with Crippen LogP contribution in [0.2, 0.25) is 0 Å². The third-order valence-corrected chi connectivity index (χ3v) is 4.67. The van der Waals surface area contributed by atoms with Crippen molar-refractivity contribution >= 4 is 16.8 Å². The Labute approximate surface area is 148 Å². The Morgan fingerprint density at radius 2 is 2.00 bits per heavy atom. The van der Waals surface area contributed by atoms with Crippen LogP contribution < -0.4 is 0 Å². The topological polar surface area (TPSA) is 97.5 Å². The quantitative estimate of drug-likeness (QED) is 0.595. The van der Waals surface area contributed by atoms with E-state index in [-0.39, 0.29) is 11.9 Å². The number of hydrogen-bond acceptors (Lipinski definition) is 5. The third kappa shape index (κ3) is 2.44. The van der Waals surface area contributed by atoms with Gasteiger partial charge in [0.25, 0.3) is 5.91 Å². The van der Waals surface area contributed by atoms with Gasteiger partial charge in [-0.25, -0.2) is 4.68 Å². The van der Waals surface area contributed by atoms with Crippen LogP contribution in [0.25, 0.3) is 10.9 Å². The van der Waals surface area contributed by atoms with Crippen LogP contribution in [0.1, 0.15) is 22.1 Å². The molecule has 0 spiro atoms. The summed E-state index contributed by atoms with van der Waals surface area (Å²) in [5, 5.41) is 17.4. The number of carbonyl (C=O) groups excluding carboxylic acids is 1. The van der Waals surface area contributed by atoms with Crippen LogP contribution in [0.4, 0.5) is 0 Å². The number of benzene rings is 1. The van der Waals surface area contributed by atoms with Crippen LogP contribution >= 0.6 is 0 Å². The number of nitrogens with one attached hydrogen (secondary N) is 1. The molecule has 0 atom stereocenters. The first-order valence-electron chi connectivity index (χ1n) is 8.38. The van der Waals surface area contributed by atoms with Crippen molar-refractivity contribution in [2.24, 2.45) is 0 Å². The second-order valence-electron chi connectivity index (χ2n) is 6.36. The van der Waals surface area contributed by atoms with Crippen LogP contribution in [-0.2, 0) is 6.54 Å². The highest BCUT2D eigenvalue weighted by Crippen LogP contribution is 2.26. The first kappa shape index (κ1) is 14.8. The first-order valence-corrected chi connectivity index (χ1v) is 8.38. The van der Waals surface area contributed by atoms with E-state index < -0.39 is 0 Å². The molecule has 0 saturated carbocycles. The van der Waals surface area contributed by atoms with Gasteiger partial charge < -0.3 is 9.88 Å². The Kier molecular flexibility index (Phi) is 3.30. The van der Waals surface area contributed by atoms with Gasteiger partial charge in [-0.1, -0.05) is 23.4 Å². The Morgan fingerprint density at radius 1 is 1.19 bits per heavy atom. The first-order chi connectivity index (χ1) is 12.8. The second kappa shape index (κ2) is 5.80. The molecule has 4 heterocycles. The number of nitrogens with zero attached hydrogens (tertiary/aromatic N) is 7. The van der Waals surface area contributed by atoms with E-state index in [1.807, 2.05) is 40.0 Å². The summed E-state index contributed by atoms with van der Waals surface area (Å²) < 4.78 is 1.82. The van der Waals surface area contributed by atoms with Crippen molar-refractivity contribution in [1.82, 2.24) is 39.9 Å². The monoisotopic (exact) mass is 348 g/mol. The lowest BCUT2D eigenvalue weighted by Crippen LogP contribution is -2.50. The summed E-state index contributed by atoms with van der Waals surface area (Å²) in [6.07, 6.45) is 6.93. The molecule has 4 aromatic rings. The van der Waals surface area contributed by atoms with Crippen LogP contribution in [0, 0.1) is 0 Å². The van der Waals surface area contributed by atoms with Crippen molar-refractivity contribution < 1.29 is 4.79 Å². The van der Waals surface area contributed by atoms with Crippen molar-refractivity contribution in [3.8, 4) is 0 Å². The summed E-state index contributed by atoms with van der Waals surface area (Å²) in [7, 11) is 0.